The van der Waals surface area contributed by atoms with Gasteiger partial charge in [-0.2, -0.15) is 0 Å². The molecule has 2 nitrogen and oxygen atoms in total. The molecule has 0 rings (SSSR count). The van der Waals surface area contributed by atoms with Gasteiger partial charge in [-0.1, -0.05) is 37.6 Å². The molecule has 2 heteroatoms. The van der Waals surface area contributed by atoms with Gasteiger partial charge < -0.3 is 4.74 Å². The van der Waals surface area contributed by atoms with Crippen LogP contribution in [0.5, 0.6) is 0 Å². The Morgan fingerprint density at radius 1 is 1.32 bits per heavy atom. The summed E-state index contributed by atoms with van der Waals surface area (Å²) in [5.74, 6) is 0.374. The van der Waals surface area contributed by atoms with Gasteiger partial charge in [-0.05, 0) is 51.0 Å². The van der Waals surface area contributed by atoms with E-state index < -0.39 is 0 Å². The molecule has 0 aliphatic carbocycles. The number of methoxy groups -OCH3 is 1. The average Bonchev–Trinajstić information content (AvgIpc) is 2.38. The molecular formula is C17H28O2. The Morgan fingerprint density at radius 2 is 2.00 bits per heavy atom. The Balaban J connectivity index is 3.99. The van der Waals surface area contributed by atoms with Gasteiger partial charge in [-0.3, -0.25) is 0 Å². The summed E-state index contributed by atoms with van der Waals surface area (Å²) in [7, 11) is 1.39. The van der Waals surface area contributed by atoms with Crippen LogP contribution in [0.2, 0.25) is 0 Å². The van der Waals surface area contributed by atoms with Crippen LogP contribution in [0.15, 0.2) is 35.5 Å². The first-order chi connectivity index (χ1) is 8.99. The molecule has 0 aliphatic heterocycles. The van der Waals surface area contributed by atoms with Crippen molar-refractivity contribution in [1.82, 2.24) is 0 Å². The molecule has 0 aromatic heterocycles. The highest BCUT2D eigenvalue weighted by Gasteiger charge is 1.98. The Labute approximate surface area is 118 Å². The Bertz CT molecular complexity index is 348. The van der Waals surface area contributed by atoms with Crippen molar-refractivity contribution in [3.8, 4) is 0 Å². The first kappa shape index (κ1) is 17.7. The van der Waals surface area contributed by atoms with Gasteiger partial charge >= 0.3 is 5.97 Å². The van der Waals surface area contributed by atoms with E-state index in [0.29, 0.717) is 5.92 Å². The number of allylic oxidation sites excluding steroid dienone is 5. The molecule has 1 atom stereocenters. The molecular weight excluding hydrogens is 236 g/mol. The molecule has 0 bridgehead atoms. The summed E-state index contributed by atoms with van der Waals surface area (Å²) >= 11 is 0. The zero-order valence-electron chi connectivity index (χ0n) is 13.0. The van der Waals surface area contributed by atoms with Crippen LogP contribution in [-0.2, 0) is 9.53 Å². The van der Waals surface area contributed by atoms with Crippen molar-refractivity contribution in [2.45, 2.75) is 53.4 Å². The Hall–Kier alpha value is -1.31. The average molecular weight is 264 g/mol. The molecule has 0 spiro atoms. The number of esters is 1. The van der Waals surface area contributed by atoms with E-state index in [-0.39, 0.29) is 5.97 Å². The van der Waals surface area contributed by atoms with Crippen molar-refractivity contribution in [2.24, 2.45) is 5.92 Å². The molecule has 0 aliphatic rings. The van der Waals surface area contributed by atoms with Crippen LogP contribution < -0.4 is 0 Å². The van der Waals surface area contributed by atoms with Crippen molar-refractivity contribution in [1.29, 1.82) is 0 Å². The van der Waals surface area contributed by atoms with E-state index in [9.17, 15) is 4.79 Å². The maximum atomic E-state index is 11.0. The molecule has 0 radical (unpaired) electrons. The van der Waals surface area contributed by atoms with Crippen LogP contribution in [-0.4, -0.2) is 13.1 Å². The summed E-state index contributed by atoms with van der Waals surface area (Å²) in [4.78, 5) is 11.0. The minimum atomic E-state index is -0.296. The second kappa shape index (κ2) is 10.6. The number of rotatable bonds is 8. The maximum absolute atomic E-state index is 11.0. The first-order valence-corrected chi connectivity index (χ1v) is 7.08. The van der Waals surface area contributed by atoms with Gasteiger partial charge in [0.05, 0.1) is 7.11 Å². The highest BCUT2D eigenvalue weighted by atomic mass is 16.5. The predicted molar refractivity (Wildman–Crippen MR) is 82.0 cm³/mol. The fraction of sp³-hybridized carbons (Fsp3) is 0.588. The monoisotopic (exact) mass is 264 g/mol. The smallest absolute Gasteiger partial charge is 0.330 e. The van der Waals surface area contributed by atoms with Crippen LogP contribution >= 0.6 is 0 Å². The molecule has 1 unspecified atom stereocenters. The quantitative estimate of drug-likeness (QED) is 0.272. The van der Waals surface area contributed by atoms with Crippen molar-refractivity contribution < 1.29 is 9.53 Å². The number of carbonyl (C=O) groups is 1. The Kier molecular flexibility index (Phi) is 9.87. The standard InChI is InChI=1S/C17H28O2/c1-6-14(2)9-7-10-15(3)11-8-12-16(4)13-17(18)19-5/h8-9,12-13,15H,6-7,10-11H2,1-5H3/b12-8+,14-9+,16-13+. The molecule has 19 heavy (non-hydrogen) atoms. The van der Waals surface area contributed by atoms with Crippen LogP contribution in [0.3, 0.4) is 0 Å². The molecule has 0 aromatic carbocycles. The molecule has 108 valence electrons. The zero-order chi connectivity index (χ0) is 14.7. The van der Waals surface area contributed by atoms with E-state index in [1.807, 2.05) is 13.0 Å². The van der Waals surface area contributed by atoms with Gasteiger partial charge in [-0.25, -0.2) is 4.79 Å². The number of ether oxygens (including phenoxy) is 1. The summed E-state index contributed by atoms with van der Waals surface area (Å²) in [6.07, 6.45) is 12.5. The van der Waals surface area contributed by atoms with E-state index in [0.717, 1.165) is 24.8 Å². The third-order valence-corrected chi connectivity index (χ3v) is 3.18. The summed E-state index contributed by atoms with van der Waals surface area (Å²) in [6, 6.07) is 0. The normalized spacial score (nSPS) is 14.8. The van der Waals surface area contributed by atoms with Gasteiger partial charge in [-0.15, -0.1) is 0 Å². The van der Waals surface area contributed by atoms with Crippen molar-refractivity contribution in [3.05, 3.63) is 35.5 Å². The lowest BCUT2D eigenvalue weighted by molar-refractivity contribution is -0.134. The van der Waals surface area contributed by atoms with Crippen LogP contribution in [0.1, 0.15) is 53.4 Å². The molecule has 0 saturated heterocycles. The van der Waals surface area contributed by atoms with Crippen LogP contribution in [0, 0.1) is 5.92 Å². The number of hydrogen-bond donors (Lipinski definition) is 0. The third-order valence-electron chi connectivity index (χ3n) is 3.18. The topological polar surface area (TPSA) is 26.3 Å². The first-order valence-electron chi connectivity index (χ1n) is 7.08. The number of hydrogen-bond acceptors (Lipinski definition) is 2. The van der Waals surface area contributed by atoms with Crippen molar-refractivity contribution in [3.63, 3.8) is 0 Å². The summed E-state index contributed by atoms with van der Waals surface area (Å²) in [6.45, 7) is 8.55. The molecule has 0 saturated carbocycles. The van der Waals surface area contributed by atoms with E-state index in [2.05, 4.69) is 37.7 Å². The lowest BCUT2D eigenvalue weighted by Gasteiger charge is -2.06. The highest BCUT2D eigenvalue weighted by Crippen LogP contribution is 2.13. The van der Waals surface area contributed by atoms with Crippen molar-refractivity contribution >= 4 is 5.97 Å². The van der Waals surface area contributed by atoms with Crippen molar-refractivity contribution in [2.75, 3.05) is 7.11 Å². The van der Waals surface area contributed by atoms with E-state index in [1.165, 1.54) is 25.2 Å². The van der Waals surface area contributed by atoms with Crippen LogP contribution in [0.4, 0.5) is 0 Å². The second-order valence-electron chi connectivity index (χ2n) is 5.14. The predicted octanol–water partition coefficient (Wildman–Crippen LogP) is 4.82. The zero-order valence-corrected chi connectivity index (χ0v) is 13.0. The van der Waals surface area contributed by atoms with Crippen LogP contribution in [0.25, 0.3) is 0 Å². The largest absolute Gasteiger partial charge is 0.466 e. The maximum Gasteiger partial charge on any atom is 0.330 e. The summed E-state index contributed by atoms with van der Waals surface area (Å²) in [5.41, 5.74) is 2.40. The van der Waals surface area contributed by atoms with Gasteiger partial charge in [0.2, 0.25) is 0 Å². The fourth-order valence-electron chi connectivity index (χ4n) is 1.66. The second-order valence-corrected chi connectivity index (χ2v) is 5.14. The van der Waals surface area contributed by atoms with Gasteiger partial charge in [0.1, 0.15) is 0 Å². The van der Waals surface area contributed by atoms with E-state index in [4.69, 9.17) is 0 Å². The number of carbonyl (C=O) groups excluding carboxylic acids is 1. The minimum Gasteiger partial charge on any atom is -0.466 e. The fourth-order valence-corrected chi connectivity index (χ4v) is 1.66. The lowest BCUT2D eigenvalue weighted by atomic mass is 10.00. The van der Waals surface area contributed by atoms with E-state index in [1.54, 1.807) is 0 Å². The molecule has 0 N–H and O–H groups in total. The summed E-state index contributed by atoms with van der Waals surface area (Å²) in [5, 5.41) is 0. The molecule has 0 fully saturated rings. The highest BCUT2D eigenvalue weighted by molar-refractivity contribution is 5.83. The van der Waals surface area contributed by atoms with E-state index >= 15 is 0 Å². The molecule has 0 amide bonds. The Morgan fingerprint density at radius 3 is 2.58 bits per heavy atom. The summed E-state index contributed by atoms with van der Waals surface area (Å²) < 4.78 is 4.58. The van der Waals surface area contributed by atoms with Gasteiger partial charge in [0, 0.05) is 6.08 Å². The van der Waals surface area contributed by atoms with Gasteiger partial charge in [0.15, 0.2) is 0 Å². The molecule has 0 aromatic rings. The lowest BCUT2D eigenvalue weighted by Crippen LogP contribution is -1.95. The minimum absolute atomic E-state index is 0.296. The molecule has 0 heterocycles. The third kappa shape index (κ3) is 10.3. The SMILES string of the molecule is CC/C(C)=C/CCC(C)C/C=C/C(C)=C/C(=O)OC. The van der Waals surface area contributed by atoms with Gasteiger partial charge in [0.25, 0.3) is 0 Å².